The van der Waals surface area contributed by atoms with E-state index in [1.807, 2.05) is 6.07 Å². The van der Waals surface area contributed by atoms with Crippen molar-refractivity contribution in [2.24, 2.45) is 0 Å². The SMILES string of the molecule is Fc1ccc(CC(Br)c2cccc(F)c2)cc1. The topological polar surface area (TPSA) is 0 Å². The van der Waals surface area contributed by atoms with Crippen LogP contribution in [0.3, 0.4) is 0 Å². The molecule has 88 valence electrons. The molecule has 0 saturated heterocycles. The molecule has 3 heteroatoms. The molecule has 2 aromatic carbocycles. The molecule has 0 spiro atoms. The minimum absolute atomic E-state index is 0.0312. The quantitative estimate of drug-likeness (QED) is 0.724. The molecule has 0 heterocycles. The Bertz CT molecular complexity index is 494. The van der Waals surface area contributed by atoms with Gasteiger partial charge >= 0.3 is 0 Å². The smallest absolute Gasteiger partial charge is 0.123 e. The summed E-state index contributed by atoms with van der Waals surface area (Å²) in [6, 6.07) is 12.8. The van der Waals surface area contributed by atoms with E-state index >= 15 is 0 Å². The van der Waals surface area contributed by atoms with Crippen LogP contribution in [0.4, 0.5) is 8.78 Å². The molecule has 0 amide bonds. The minimum atomic E-state index is -0.245. The average Bonchev–Trinajstić information content (AvgIpc) is 2.32. The Morgan fingerprint density at radius 3 is 2.29 bits per heavy atom. The fraction of sp³-hybridized carbons (Fsp3) is 0.143. The van der Waals surface area contributed by atoms with Crippen LogP contribution in [0.25, 0.3) is 0 Å². The van der Waals surface area contributed by atoms with E-state index in [2.05, 4.69) is 15.9 Å². The van der Waals surface area contributed by atoms with E-state index in [4.69, 9.17) is 0 Å². The average molecular weight is 297 g/mol. The molecule has 0 fully saturated rings. The van der Waals surface area contributed by atoms with Gasteiger partial charge in [-0.3, -0.25) is 0 Å². The zero-order valence-corrected chi connectivity index (χ0v) is 10.6. The van der Waals surface area contributed by atoms with Gasteiger partial charge in [-0.2, -0.15) is 0 Å². The highest BCUT2D eigenvalue weighted by atomic mass is 79.9. The van der Waals surface area contributed by atoms with Crippen LogP contribution in [0.1, 0.15) is 16.0 Å². The normalized spacial score (nSPS) is 12.4. The molecule has 17 heavy (non-hydrogen) atoms. The highest BCUT2D eigenvalue weighted by Gasteiger charge is 2.09. The largest absolute Gasteiger partial charge is 0.207 e. The first-order chi connectivity index (χ1) is 8.15. The Kier molecular flexibility index (Phi) is 3.89. The summed E-state index contributed by atoms with van der Waals surface area (Å²) >= 11 is 3.51. The number of alkyl halides is 1. The molecule has 0 radical (unpaired) electrons. The third kappa shape index (κ3) is 3.37. The third-order valence-electron chi connectivity index (χ3n) is 2.54. The Morgan fingerprint density at radius 1 is 0.941 bits per heavy atom. The van der Waals surface area contributed by atoms with Gasteiger partial charge in [0.2, 0.25) is 0 Å². The van der Waals surface area contributed by atoms with E-state index in [0.717, 1.165) is 11.1 Å². The van der Waals surface area contributed by atoms with Crippen LogP contribution in [0.5, 0.6) is 0 Å². The highest BCUT2D eigenvalue weighted by molar-refractivity contribution is 9.09. The van der Waals surface area contributed by atoms with Gasteiger partial charge < -0.3 is 0 Å². The fourth-order valence-electron chi connectivity index (χ4n) is 1.65. The lowest BCUT2D eigenvalue weighted by atomic mass is 10.0. The molecule has 1 unspecified atom stereocenters. The zero-order valence-electron chi connectivity index (χ0n) is 9.04. The van der Waals surface area contributed by atoms with Gasteiger partial charge in [0.15, 0.2) is 0 Å². The van der Waals surface area contributed by atoms with Crippen molar-refractivity contribution < 1.29 is 8.78 Å². The lowest BCUT2D eigenvalue weighted by Crippen LogP contribution is -1.96. The molecule has 0 aromatic heterocycles. The van der Waals surface area contributed by atoms with Gasteiger partial charge in [-0.25, -0.2) is 8.78 Å². The van der Waals surface area contributed by atoms with Crippen molar-refractivity contribution in [2.75, 3.05) is 0 Å². The number of rotatable bonds is 3. The van der Waals surface area contributed by atoms with E-state index < -0.39 is 0 Å². The number of hydrogen-bond acceptors (Lipinski definition) is 0. The molecule has 0 bridgehead atoms. The van der Waals surface area contributed by atoms with E-state index in [0.29, 0.717) is 6.42 Å². The molecule has 0 aliphatic carbocycles. The maximum Gasteiger partial charge on any atom is 0.123 e. The monoisotopic (exact) mass is 296 g/mol. The predicted octanol–water partition coefficient (Wildman–Crippen LogP) is 4.64. The maximum absolute atomic E-state index is 13.0. The van der Waals surface area contributed by atoms with Crippen LogP contribution < -0.4 is 0 Å². The summed E-state index contributed by atoms with van der Waals surface area (Å²) in [4.78, 5) is 0.0312. The predicted molar refractivity (Wildman–Crippen MR) is 68.2 cm³/mol. The van der Waals surface area contributed by atoms with Crippen LogP contribution in [-0.2, 0) is 6.42 Å². The first-order valence-corrected chi connectivity index (χ1v) is 6.21. The fourth-order valence-corrected chi connectivity index (χ4v) is 2.31. The van der Waals surface area contributed by atoms with Crippen molar-refractivity contribution in [1.29, 1.82) is 0 Å². The maximum atomic E-state index is 13.0. The van der Waals surface area contributed by atoms with Gasteiger partial charge in [0.05, 0.1) is 0 Å². The van der Waals surface area contributed by atoms with Gasteiger partial charge in [0.1, 0.15) is 11.6 Å². The third-order valence-corrected chi connectivity index (χ3v) is 3.39. The standard InChI is InChI=1S/C14H11BrF2/c15-14(11-2-1-3-13(17)9-11)8-10-4-6-12(16)7-5-10/h1-7,9,14H,8H2. The van der Waals surface area contributed by atoms with E-state index in [1.165, 1.54) is 24.3 Å². The molecule has 0 nitrogen and oxygen atoms in total. The summed E-state index contributed by atoms with van der Waals surface area (Å²) in [6.45, 7) is 0. The number of halogens is 3. The summed E-state index contributed by atoms with van der Waals surface area (Å²) in [5.74, 6) is -0.489. The molecule has 2 aromatic rings. The van der Waals surface area contributed by atoms with Crippen molar-refractivity contribution in [3.8, 4) is 0 Å². The molecule has 0 aliphatic rings. The highest BCUT2D eigenvalue weighted by Crippen LogP contribution is 2.27. The minimum Gasteiger partial charge on any atom is -0.207 e. The summed E-state index contributed by atoms with van der Waals surface area (Å²) in [5, 5.41) is 0. The van der Waals surface area contributed by atoms with Crippen LogP contribution in [0.15, 0.2) is 48.5 Å². The van der Waals surface area contributed by atoms with Gasteiger partial charge in [-0.1, -0.05) is 40.2 Å². The first-order valence-electron chi connectivity index (χ1n) is 5.29. The van der Waals surface area contributed by atoms with Crippen LogP contribution in [-0.4, -0.2) is 0 Å². The van der Waals surface area contributed by atoms with Crippen LogP contribution in [0.2, 0.25) is 0 Å². The molecular weight excluding hydrogens is 286 g/mol. The molecule has 0 aliphatic heterocycles. The van der Waals surface area contributed by atoms with Crippen LogP contribution in [0, 0.1) is 11.6 Å². The second-order valence-corrected chi connectivity index (χ2v) is 4.96. The van der Waals surface area contributed by atoms with Crippen LogP contribution >= 0.6 is 15.9 Å². The zero-order chi connectivity index (χ0) is 12.3. The molecule has 0 saturated carbocycles. The van der Waals surface area contributed by atoms with Crippen molar-refractivity contribution in [3.05, 3.63) is 71.3 Å². The Labute approximate surface area is 107 Å². The number of benzene rings is 2. The second-order valence-electron chi connectivity index (χ2n) is 3.85. The van der Waals surface area contributed by atoms with E-state index in [9.17, 15) is 8.78 Å². The van der Waals surface area contributed by atoms with Gasteiger partial charge in [-0.05, 0) is 41.8 Å². The summed E-state index contributed by atoms with van der Waals surface area (Å²) in [6.07, 6.45) is 0.698. The van der Waals surface area contributed by atoms with Gasteiger partial charge in [-0.15, -0.1) is 0 Å². The first kappa shape index (κ1) is 12.2. The van der Waals surface area contributed by atoms with Crippen molar-refractivity contribution in [1.82, 2.24) is 0 Å². The lowest BCUT2D eigenvalue weighted by Gasteiger charge is -2.10. The summed E-state index contributed by atoms with van der Waals surface area (Å²) in [7, 11) is 0. The molecule has 0 N–H and O–H groups in total. The summed E-state index contributed by atoms with van der Waals surface area (Å²) < 4.78 is 25.8. The van der Waals surface area contributed by atoms with Gasteiger partial charge in [0.25, 0.3) is 0 Å². The summed E-state index contributed by atoms with van der Waals surface area (Å²) in [5.41, 5.74) is 1.90. The second kappa shape index (κ2) is 5.41. The van der Waals surface area contributed by atoms with Gasteiger partial charge in [0, 0.05) is 4.83 Å². The molecular formula is C14H11BrF2. The lowest BCUT2D eigenvalue weighted by molar-refractivity contribution is 0.624. The number of hydrogen-bond donors (Lipinski definition) is 0. The Balaban J connectivity index is 2.11. The Morgan fingerprint density at radius 2 is 1.65 bits per heavy atom. The van der Waals surface area contributed by atoms with Crippen molar-refractivity contribution in [2.45, 2.75) is 11.2 Å². The Hall–Kier alpha value is -1.22. The molecule has 2 rings (SSSR count). The van der Waals surface area contributed by atoms with E-state index in [-0.39, 0.29) is 16.5 Å². The molecule has 1 atom stereocenters. The van der Waals surface area contributed by atoms with Crippen molar-refractivity contribution >= 4 is 15.9 Å². The van der Waals surface area contributed by atoms with Crippen molar-refractivity contribution in [3.63, 3.8) is 0 Å². The van der Waals surface area contributed by atoms with E-state index in [1.54, 1.807) is 18.2 Å².